The van der Waals surface area contributed by atoms with Gasteiger partial charge in [0, 0.05) is 6.54 Å². The highest BCUT2D eigenvalue weighted by molar-refractivity contribution is 7.80. The van der Waals surface area contributed by atoms with E-state index in [-0.39, 0.29) is 17.7 Å². The number of thiocarbonyl (C=S) groups is 1. The van der Waals surface area contributed by atoms with Crippen molar-refractivity contribution in [2.24, 2.45) is 0 Å². The number of carbonyl (C=O) groups is 1. The summed E-state index contributed by atoms with van der Waals surface area (Å²) < 4.78 is 17.9. The summed E-state index contributed by atoms with van der Waals surface area (Å²) in [5.74, 6) is 0.290. The summed E-state index contributed by atoms with van der Waals surface area (Å²) >= 11 is 5.12. The first-order valence-electron chi connectivity index (χ1n) is 10.4. The van der Waals surface area contributed by atoms with Gasteiger partial charge in [-0.05, 0) is 68.8 Å². The summed E-state index contributed by atoms with van der Waals surface area (Å²) in [6, 6.07) is 7.95. The molecule has 2 unspecified atom stereocenters. The molecule has 1 aliphatic rings. The van der Waals surface area contributed by atoms with Gasteiger partial charge in [-0.2, -0.15) is 0 Å². The van der Waals surface area contributed by atoms with Crippen molar-refractivity contribution < 1.29 is 18.7 Å². The van der Waals surface area contributed by atoms with Crippen molar-refractivity contribution in [2.45, 2.75) is 77.4 Å². The SMILES string of the molecule is CC(C)(C)OC(=O)C(COc1ccc(C2CNC(=S)N2)cc1)O[Si](C)(C)C(C)(C)C. The Balaban J connectivity index is 2.07. The molecule has 2 atom stereocenters. The number of hydrogen-bond acceptors (Lipinski definition) is 5. The minimum Gasteiger partial charge on any atom is -0.490 e. The van der Waals surface area contributed by atoms with E-state index in [9.17, 15) is 4.79 Å². The molecule has 0 saturated carbocycles. The monoisotopic (exact) mass is 452 g/mol. The first kappa shape index (κ1) is 24.6. The molecule has 1 aromatic rings. The van der Waals surface area contributed by atoms with Crippen molar-refractivity contribution in [3.63, 3.8) is 0 Å². The van der Waals surface area contributed by atoms with Crippen LogP contribution in [0.15, 0.2) is 24.3 Å². The molecule has 1 saturated heterocycles. The largest absolute Gasteiger partial charge is 0.490 e. The van der Waals surface area contributed by atoms with E-state index in [4.69, 9.17) is 26.1 Å². The summed E-state index contributed by atoms with van der Waals surface area (Å²) in [4.78, 5) is 12.8. The van der Waals surface area contributed by atoms with Crippen LogP contribution < -0.4 is 15.4 Å². The lowest BCUT2D eigenvalue weighted by atomic mass is 10.1. The highest BCUT2D eigenvalue weighted by Gasteiger charge is 2.42. The molecule has 168 valence electrons. The van der Waals surface area contributed by atoms with Crippen LogP contribution in [0.1, 0.15) is 53.1 Å². The third kappa shape index (κ3) is 6.96. The molecule has 2 rings (SSSR count). The standard InChI is InChI=1S/C22H36N2O4SSi/c1-21(2,3)27-19(25)18(28-30(7,8)22(4,5)6)14-26-16-11-9-15(10-12-16)17-13-23-20(29)24-17/h9-12,17-18H,13-14H2,1-8H3,(H2,23,24,29). The quantitative estimate of drug-likeness (QED) is 0.363. The van der Waals surface area contributed by atoms with Crippen molar-refractivity contribution in [1.82, 2.24) is 10.6 Å². The van der Waals surface area contributed by atoms with Gasteiger partial charge >= 0.3 is 5.97 Å². The van der Waals surface area contributed by atoms with Crippen molar-refractivity contribution >= 4 is 31.6 Å². The summed E-state index contributed by atoms with van der Waals surface area (Å²) in [6.07, 6.45) is -0.775. The predicted molar refractivity (Wildman–Crippen MR) is 126 cm³/mol. The summed E-state index contributed by atoms with van der Waals surface area (Å²) in [5, 5.41) is 6.97. The molecule has 0 radical (unpaired) electrons. The molecule has 1 aliphatic heterocycles. The van der Waals surface area contributed by atoms with Gasteiger partial charge in [0.05, 0.1) is 6.04 Å². The fraction of sp³-hybridized carbons (Fsp3) is 0.636. The van der Waals surface area contributed by atoms with Crippen molar-refractivity contribution in [3.8, 4) is 5.75 Å². The molecule has 30 heavy (non-hydrogen) atoms. The maximum absolute atomic E-state index is 12.8. The molecule has 8 heteroatoms. The normalized spacial score (nSPS) is 18.4. The highest BCUT2D eigenvalue weighted by Crippen LogP contribution is 2.37. The van der Waals surface area contributed by atoms with Gasteiger partial charge in [-0.15, -0.1) is 0 Å². The van der Waals surface area contributed by atoms with Gasteiger partial charge in [0.15, 0.2) is 19.5 Å². The number of esters is 1. The first-order chi connectivity index (χ1) is 13.7. The van der Waals surface area contributed by atoms with E-state index in [1.165, 1.54) is 0 Å². The molecule has 6 nitrogen and oxygen atoms in total. The van der Waals surface area contributed by atoms with Crippen LogP contribution in [0.5, 0.6) is 5.75 Å². The van der Waals surface area contributed by atoms with E-state index in [1.807, 2.05) is 45.0 Å². The minimum absolute atomic E-state index is 0.0300. The van der Waals surface area contributed by atoms with Gasteiger partial charge in [0.25, 0.3) is 0 Å². The lowest BCUT2D eigenvalue weighted by molar-refractivity contribution is -0.165. The molecule has 1 heterocycles. The molecule has 0 spiro atoms. The third-order valence-electron chi connectivity index (χ3n) is 5.37. The molecule has 1 fully saturated rings. The maximum atomic E-state index is 12.8. The fourth-order valence-corrected chi connectivity index (χ4v) is 4.13. The lowest BCUT2D eigenvalue weighted by Gasteiger charge is -2.39. The Morgan fingerprint density at radius 1 is 1.17 bits per heavy atom. The topological polar surface area (TPSA) is 68.8 Å². The third-order valence-corrected chi connectivity index (χ3v) is 10.1. The Labute approximate surface area is 187 Å². The van der Waals surface area contributed by atoms with Gasteiger partial charge in [-0.3, -0.25) is 0 Å². The Kier molecular flexibility index (Phi) is 7.58. The Bertz CT molecular complexity index is 754. The second-order valence-electron chi connectivity index (χ2n) is 10.2. The Morgan fingerprint density at radius 2 is 1.77 bits per heavy atom. The van der Waals surface area contributed by atoms with Crippen molar-refractivity contribution in [2.75, 3.05) is 13.2 Å². The number of rotatable bonds is 7. The maximum Gasteiger partial charge on any atom is 0.338 e. The Hall–Kier alpha value is -1.64. The average Bonchev–Trinajstić information content (AvgIpc) is 3.03. The molecular formula is C22H36N2O4SSi. The van der Waals surface area contributed by atoms with Crippen LogP contribution in [0.2, 0.25) is 18.1 Å². The summed E-state index contributed by atoms with van der Waals surface area (Å²) in [7, 11) is -2.19. The van der Waals surface area contributed by atoms with Crippen LogP contribution in [-0.2, 0) is 14.0 Å². The number of ether oxygens (including phenoxy) is 2. The average molecular weight is 453 g/mol. The first-order valence-corrected chi connectivity index (χ1v) is 13.7. The zero-order valence-electron chi connectivity index (χ0n) is 19.4. The zero-order chi connectivity index (χ0) is 22.7. The number of nitrogens with one attached hydrogen (secondary N) is 2. The molecule has 2 N–H and O–H groups in total. The van der Waals surface area contributed by atoms with E-state index in [2.05, 4.69) is 44.5 Å². The van der Waals surface area contributed by atoms with Crippen LogP contribution in [0.3, 0.4) is 0 Å². The van der Waals surface area contributed by atoms with E-state index in [1.54, 1.807) is 0 Å². The van der Waals surface area contributed by atoms with E-state index in [0.717, 1.165) is 12.1 Å². The molecular weight excluding hydrogens is 416 g/mol. The summed E-state index contributed by atoms with van der Waals surface area (Å²) in [6.45, 7) is 17.1. The molecule has 0 bridgehead atoms. The lowest BCUT2D eigenvalue weighted by Crippen LogP contribution is -2.49. The smallest absolute Gasteiger partial charge is 0.338 e. The van der Waals surface area contributed by atoms with Gasteiger partial charge in [-0.1, -0.05) is 32.9 Å². The molecule has 0 aromatic heterocycles. The fourth-order valence-electron chi connectivity index (χ4n) is 2.67. The second kappa shape index (κ2) is 9.24. The molecule has 0 aliphatic carbocycles. The summed E-state index contributed by atoms with van der Waals surface area (Å²) in [5.41, 5.74) is 0.535. The predicted octanol–water partition coefficient (Wildman–Crippen LogP) is 4.32. The minimum atomic E-state index is -2.19. The van der Waals surface area contributed by atoms with Crippen LogP contribution in [0, 0.1) is 0 Å². The van der Waals surface area contributed by atoms with Gasteiger partial charge < -0.3 is 24.5 Å². The van der Waals surface area contributed by atoms with Crippen LogP contribution in [-0.4, -0.2) is 44.3 Å². The van der Waals surface area contributed by atoms with Crippen LogP contribution >= 0.6 is 12.2 Å². The molecule has 0 amide bonds. The zero-order valence-corrected chi connectivity index (χ0v) is 21.2. The molecule has 1 aromatic carbocycles. The van der Waals surface area contributed by atoms with E-state index >= 15 is 0 Å². The number of benzene rings is 1. The van der Waals surface area contributed by atoms with Gasteiger partial charge in [0.1, 0.15) is 18.0 Å². The van der Waals surface area contributed by atoms with Crippen LogP contribution in [0.4, 0.5) is 0 Å². The van der Waals surface area contributed by atoms with Gasteiger partial charge in [0.2, 0.25) is 0 Å². The van der Waals surface area contributed by atoms with Crippen molar-refractivity contribution in [1.29, 1.82) is 0 Å². The van der Waals surface area contributed by atoms with E-state index < -0.39 is 26.0 Å². The van der Waals surface area contributed by atoms with Crippen molar-refractivity contribution in [3.05, 3.63) is 29.8 Å². The van der Waals surface area contributed by atoms with Crippen LogP contribution in [0.25, 0.3) is 0 Å². The highest BCUT2D eigenvalue weighted by atomic mass is 32.1. The second-order valence-corrected chi connectivity index (χ2v) is 15.4. The number of hydrogen-bond donors (Lipinski definition) is 2. The van der Waals surface area contributed by atoms with Gasteiger partial charge in [-0.25, -0.2) is 4.79 Å². The van der Waals surface area contributed by atoms with E-state index in [0.29, 0.717) is 10.9 Å². The Morgan fingerprint density at radius 3 is 2.23 bits per heavy atom. The number of carbonyl (C=O) groups excluding carboxylic acids is 1.